The van der Waals surface area contributed by atoms with Crippen LogP contribution in [0.5, 0.6) is 0 Å². The van der Waals surface area contributed by atoms with Crippen LogP contribution >= 0.6 is 0 Å². The highest BCUT2D eigenvalue weighted by Crippen LogP contribution is 2.35. The highest BCUT2D eigenvalue weighted by atomic mass is 16.5. The molecule has 2 unspecified atom stereocenters. The summed E-state index contributed by atoms with van der Waals surface area (Å²) in [4.78, 5) is 14.0. The summed E-state index contributed by atoms with van der Waals surface area (Å²) in [7, 11) is 0. The van der Waals surface area contributed by atoms with Crippen molar-refractivity contribution in [2.75, 3.05) is 6.61 Å². The molecule has 0 aromatic carbocycles. The molecule has 0 spiro atoms. The van der Waals surface area contributed by atoms with E-state index < -0.39 is 5.60 Å². The first-order chi connectivity index (χ1) is 28.9. The van der Waals surface area contributed by atoms with E-state index >= 15 is 0 Å². The minimum atomic E-state index is -1.32. The molecule has 0 amide bonds. The summed E-state index contributed by atoms with van der Waals surface area (Å²) in [6.45, 7) is 12.0. The van der Waals surface area contributed by atoms with E-state index in [-0.39, 0.29) is 11.9 Å². The summed E-state index contributed by atoms with van der Waals surface area (Å²) < 4.78 is 6.04. The third kappa shape index (κ3) is 40.0. The molecule has 0 aliphatic rings. The standard InChI is InChI=1S/C56H112O3/c1-6-9-12-15-18-20-22-24-28-31-35-40-45-50-54(49-44-39-17-14-11-8-3)56(58,51-46-41-36-32-21-19-16-13-10-7-2)55(57)59-52-47-42-37-33-29-26-23-25-27-30-34-38-43-48-53(4)5/h53-54,58H,6-52H2,1-5H3. The first kappa shape index (κ1) is 58.4. The van der Waals surface area contributed by atoms with E-state index in [0.717, 1.165) is 57.3 Å². The Kier molecular flexibility index (Phi) is 46.5. The lowest BCUT2D eigenvalue weighted by Crippen LogP contribution is -2.47. The molecule has 354 valence electrons. The Balaban J connectivity index is 4.90. The molecule has 0 rings (SSSR count). The molecule has 0 saturated carbocycles. The van der Waals surface area contributed by atoms with Crippen LogP contribution in [0.3, 0.4) is 0 Å². The summed E-state index contributed by atoms with van der Waals surface area (Å²) in [5, 5.41) is 12.5. The highest BCUT2D eigenvalue weighted by Gasteiger charge is 2.44. The number of rotatable bonds is 50. The highest BCUT2D eigenvalue weighted by molar-refractivity contribution is 5.79. The fourth-order valence-electron chi connectivity index (χ4n) is 9.45. The zero-order chi connectivity index (χ0) is 43.2. The minimum absolute atomic E-state index is 0.0253. The number of hydrogen-bond acceptors (Lipinski definition) is 3. The fourth-order valence-corrected chi connectivity index (χ4v) is 9.45. The predicted molar refractivity (Wildman–Crippen MR) is 264 cm³/mol. The lowest BCUT2D eigenvalue weighted by atomic mass is 9.76. The molecule has 3 nitrogen and oxygen atoms in total. The normalized spacial score (nSPS) is 13.3. The van der Waals surface area contributed by atoms with Gasteiger partial charge in [-0.1, -0.05) is 298 Å². The first-order valence-electron chi connectivity index (χ1n) is 27.8. The van der Waals surface area contributed by atoms with Crippen molar-refractivity contribution in [3.8, 4) is 0 Å². The average Bonchev–Trinajstić information content (AvgIpc) is 3.23. The van der Waals surface area contributed by atoms with E-state index in [1.165, 1.54) is 238 Å². The van der Waals surface area contributed by atoms with Gasteiger partial charge in [0.2, 0.25) is 0 Å². The molecule has 0 fully saturated rings. The quantitative estimate of drug-likeness (QED) is 0.0491. The molecule has 0 saturated heterocycles. The van der Waals surface area contributed by atoms with Crippen molar-refractivity contribution in [1.82, 2.24) is 0 Å². The van der Waals surface area contributed by atoms with E-state index in [1.54, 1.807) is 0 Å². The number of carbonyl (C=O) groups is 1. The van der Waals surface area contributed by atoms with Crippen LogP contribution in [0.2, 0.25) is 0 Å². The zero-order valence-corrected chi connectivity index (χ0v) is 41.7. The maximum absolute atomic E-state index is 14.0. The number of ether oxygens (including phenoxy) is 1. The van der Waals surface area contributed by atoms with Gasteiger partial charge < -0.3 is 9.84 Å². The van der Waals surface area contributed by atoms with Gasteiger partial charge in [-0.3, -0.25) is 0 Å². The Hall–Kier alpha value is -0.570. The number of esters is 1. The monoisotopic (exact) mass is 833 g/mol. The molecule has 3 heteroatoms. The van der Waals surface area contributed by atoms with E-state index in [4.69, 9.17) is 4.74 Å². The minimum Gasteiger partial charge on any atom is -0.464 e. The molecule has 1 N–H and O–H groups in total. The lowest BCUT2D eigenvalue weighted by Gasteiger charge is -2.35. The topological polar surface area (TPSA) is 46.5 Å². The third-order valence-electron chi connectivity index (χ3n) is 13.7. The van der Waals surface area contributed by atoms with Gasteiger partial charge in [0.15, 0.2) is 5.60 Å². The van der Waals surface area contributed by atoms with Crippen molar-refractivity contribution in [2.45, 2.75) is 336 Å². The van der Waals surface area contributed by atoms with Crippen LogP contribution in [0.4, 0.5) is 0 Å². The van der Waals surface area contributed by atoms with Gasteiger partial charge in [0.05, 0.1) is 6.61 Å². The van der Waals surface area contributed by atoms with Gasteiger partial charge in [-0.15, -0.1) is 0 Å². The maximum atomic E-state index is 14.0. The molecule has 0 aliphatic carbocycles. The van der Waals surface area contributed by atoms with Crippen molar-refractivity contribution in [1.29, 1.82) is 0 Å². The Bertz CT molecular complexity index is 809. The van der Waals surface area contributed by atoms with E-state index in [0.29, 0.717) is 13.0 Å². The Morgan fingerprint density at radius 2 is 0.627 bits per heavy atom. The van der Waals surface area contributed by atoms with E-state index in [2.05, 4.69) is 34.6 Å². The maximum Gasteiger partial charge on any atom is 0.338 e. The second-order valence-electron chi connectivity index (χ2n) is 20.1. The van der Waals surface area contributed by atoms with Gasteiger partial charge >= 0.3 is 5.97 Å². The fraction of sp³-hybridized carbons (Fsp3) is 0.982. The first-order valence-corrected chi connectivity index (χ1v) is 27.8. The molecule has 0 bridgehead atoms. The van der Waals surface area contributed by atoms with Crippen molar-refractivity contribution in [3.05, 3.63) is 0 Å². The predicted octanol–water partition coefficient (Wildman–Crippen LogP) is 19.5. The number of hydrogen-bond donors (Lipinski definition) is 1. The van der Waals surface area contributed by atoms with Crippen LogP contribution in [0.1, 0.15) is 330 Å². The SMILES string of the molecule is CCCCCCCCCCCCCCCC(CCCCCCCC)C(O)(CCCCCCCCCCCC)C(=O)OCCCCCCCCCCCCCCCC(C)C. The van der Waals surface area contributed by atoms with E-state index in [1.807, 2.05) is 0 Å². The van der Waals surface area contributed by atoms with Crippen LogP contribution in [0.25, 0.3) is 0 Å². The van der Waals surface area contributed by atoms with Gasteiger partial charge in [-0.05, 0) is 43.9 Å². The molecular formula is C56H112O3. The molecule has 0 aromatic heterocycles. The second-order valence-corrected chi connectivity index (χ2v) is 20.1. The molecular weight excluding hydrogens is 721 g/mol. The zero-order valence-electron chi connectivity index (χ0n) is 41.7. The van der Waals surface area contributed by atoms with Gasteiger partial charge in [0.1, 0.15) is 0 Å². The number of aliphatic hydroxyl groups is 1. The second kappa shape index (κ2) is 46.9. The van der Waals surface area contributed by atoms with Gasteiger partial charge in [0, 0.05) is 0 Å². The number of unbranched alkanes of at least 4 members (excludes halogenated alkanes) is 38. The Labute approximate surface area is 373 Å². The Morgan fingerprint density at radius 3 is 0.932 bits per heavy atom. The van der Waals surface area contributed by atoms with Gasteiger partial charge in [0.25, 0.3) is 0 Å². The Morgan fingerprint density at radius 1 is 0.373 bits per heavy atom. The van der Waals surface area contributed by atoms with Crippen LogP contribution in [0, 0.1) is 11.8 Å². The summed E-state index contributed by atoms with van der Waals surface area (Å²) in [6.07, 6.45) is 58.8. The summed E-state index contributed by atoms with van der Waals surface area (Å²) in [6, 6.07) is 0. The molecule has 0 aliphatic heterocycles. The summed E-state index contributed by atoms with van der Waals surface area (Å²) in [5.41, 5.74) is -1.32. The molecule has 0 heterocycles. The lowest BCUT2D eigenvalue weighted by molar-refractivity contribution is -0.174. The molecule has 59 heavy (non-hydrogen) atoms. The smallest absolute Gasteiger partial charge is 0.338 e. The number of carbonyl (C=O) groups excluding carboxylic acids is 1. The largest absolute Gasteiger partial charge is 0.464 e. The molecule has 0 aromatic rings. The van der Waals surface area contributed by atoms with Crippen LogP contribution in [-0.2, 0) is 9.53 Å². The summed E-state index contributed by atoms with van der Waals surface area (Å²) >= 11 is 0. The van der Waals surface area contributed by atoms with Crippen molar-refractivity contribution >= 4 is 5.97 Å². The van der Waals surface area contributed by atoms with Gasteiger partial charge in [-0.25, -0.2) is 4.79 Å². The van der Waals surface area contributed by atoms with Crippen molar-refractivity contribution in [3.63, 3.8) is 0 Å². The van der Waals surface area contributed by atoms with E-state index in [9.17, 15) is 9.90 Å². The average molecular weight is 834 g/mol. The van der Waals surface area contributed by atoms with Crippen molar-refractivity contribution < 1.29 is 14.6 Å². The van der Waals surface area contributed by atoms with Gasteiger partial charge in [-0.2, -0.15) is 0 Å². The summed E-state index contributed by atoms with van der Waals surface area (Å²) in [5.74, 6) is 0.589. The van der Waals surface area contributed by atoms with Crippen LogP contribution < -0.4 is 0 Å². The van der Waals surface area contributed by atoms with Crippen molar-refractivity contribution in [2.24, 2.45) is 11.8 Å². The van der Waals surface area contributed by atoms with Crippen LogP contribution in [0.15, 0.2) is 0 Å². The molecule has 2 atom stereocenters. The molecule has 0 radical (unpaired) electrons. The van der Waals surface area contributed by atoms with Crippen LogP contribution in [-0.4, -0.2) is 23.3 Å². The third-order valence-corrected chi connectivity index (χ3v) is 13.7.